The zero-order valence-corrected chi connectivity index (χ0v) is 13.9. The molecule has 0 saturated carbocycles. The molecule has 0 atom stereocenters. The molecule has 0 unspecified atom stereocenters. The van der Waals surface area contributed by atoms with Gasteiger partial charge in [-0.15, -0.1) is 0 Å². The monoisotopic (exact) mass is 339 g/mol. The van der Waals surface area contributed by atoms with Gasteiger partial charge in [-0.2, -0.15) is 0 Å². The fourth-order valence-corrected chi connectivity index (χ4v) is 2.37. The van der Waals surface area contributed by atoms with Crippen molar-refractivity contribution < 1.29 is 13.9 Å². The van der Waals surface area contributed by atoms with Gasteiger partial charge < -0.3 is 14.5 Å². The number of amides is 1. The average Bonchev–Trinajstić information content (AvgIpc) is 3.11. The van der Waals surface area contributed by atoms with Crippen LogP contribution < -0.4 is 15.6 Å². The van der Waals surface area contributed by atoms with Crippen molar-refractivity contribution in [2.75, 3.05) is 12.4 Å². The number of rotatable bonds is 5. The van der Waals surface area contributed by atoms with E-state index < -0.39 is 0 Å². The quantitative estimate of drug-likeness (QED) is 0.772. The van der Waals surface area contributed by atoms with Crippen LogP contribution >= 0.6 is 0 Å². The minimum absolute atomic E-state index is 0.151. The van der Waals surface area contributed by atoms with E-state index in [1.165, 1.54) is 30.3 Å². The molecule has 2 aromatic heterocycles. The van der Waals surface area contributed by atoms with Gasteiger partial charge in [-0.25, -0.2) is 4.98 Å². The van der Waals surface area contributed by atoms with E-state index in [0.717, 1.165) is 5.56 Å². The molecule has 0 bridgehead atoms. The van der Waals surface area contributed by atoms with Crippen LogP contribution in [0.25, 0.3) is 11.5 Å². The zero-order chi connectivity index (χ0) is 17.8. The lowest BCUT2D eigenvalue weighted by molar-refractivity contribution is -0.116. The minimum atomic E-state index is -0.349. The van der Waals surface area contributed by atoms with Gasteiger partial charge in [0.1, 0.15) is 18.0 Å². The molecule has 7 nitrogen and oxygen atoms in total. The first-order valence-electron chi connectivity index (χ1n) is 7.61. The molecule has 0 saturated heterocycles. The van der Waals surface area contributed by atoms with Crippen LogP contribution in [0.15, 0.2) is 58.2 Å². The number of aryl methyl sites for hydroxylation is 1. The summed E-state index contributed by atoms with van der Waals surface area (Å²) >= 11 is 0. The highest BCUT2D eigenvalue weighted by Crippen LogP contribution is 2.25. The number of hydrogen-bond acceptors (Lipinski definition) is 5. The standard InChI is InChI=1S/C18H17N3O4/c1-12-5-6-15(24-2)14(8-12)20-17(22)10-21-11-19-13(9-18(21)23)16-4-3-7-25-16/h3-9,11H,10H2,1-2H3,(H,20,22). The smallest absolute Gasteiger partial charge is 0.254 e. The lowest BCUT2D eigenvalue weighted by Gasteiger charge is -2.11. The van der Waals surface area contributed by atoms with Gasteiger partial charge in [-0.1, -0.05) is 6.07 Å². The Kier molecular flexibility index (Phi) is 4.65. The summed E-state index contributed by atoms with van der Waals surface area (Å²) < 4.78 is 11.7. The predicted octanol–water partition coefficient (Wildman–Crippen LogP) is 2.46. The van der Waals surface area contributed by atoms with Crippen molar-refractivity contribution in [2.24, 2.45) is 0 Å². The normalized spacial score (nSPS) is 10.5. The van der Waals surface area contributed by atoms with Gasteiger partial charge in [0, 0.05) is 6.07 Å². The molecule has 0 aliphatic heterocycles. The van der Waals surface area contributed by atoms with Crippen molar-refractivity contribution in [1.82, 2.24) is 9.55 Å². The summed E-state index contributed by atoms with van der Waals surface area (Å²) in [5.41, 5.74) is 1.62. The van der Waals surface area contributed by atoms with E-state index in [-0.39, 0.29) is 18.0 Å². The van der Waals surface area contributed by atoms with E-state index in [2.05, 4.69) is 10.3 Å². The van der Waals surface area contributed by atoms with Crippen LogP contribution in [0, 0.1) is 6.92 Å². The van der Waals surface area contributed by atoms with Crippen molar-refractivity contribution in [3.8, 4) is 17.2 Å². The number of ether oxygens (including phenoxy) is 1. The Labute approximate surface area is 143 Å². The molecule has 7 heteroatoms. The maximum absolute atomic E-state index is 12.3. The number of nitrogens with one attached hydrogen (secondary N) is 1. The number of benzene rings is 1. The summed E-state index contributed by atoms with van der Waals surface area (Å²) in [4.78, 5) is 28.6. The number of carbonyl (C=O) groups is 1. The zero-order valence-electron chi connectivity index (χ0n) is 13.9. The lowest BCUT2D eigenvalue weighted by atomic mass is 10.2. The van der Waals surface area contributed by atoms with Gasteiger partial charge in [0.2, 0.25) is 5.91 Å². The second-order valence-corrected chi connectivity index (χ2v) is 5.47. The molecule has 25 heavy (non-hydrogen) atoms. The van der Waals surface area contributed by atoms with Crippen LogP contribution in [0.3, 0.4) is 0 Å². The van der Waals surface area contributed by atoms with Crippen LogP contribution in [-0.2, 0) is 11.3 Å². The molecule has 0 spiro atoms. The van der Waals surface area contributed by atoms with E-state index in [9.17, 15) is 9.59 Å². The number of anilines is 1. The van der Waals surface area contributed by atoms with Crippen molar-refractivity contribution in [1.29, 1.82) is 0 Å². The topological polar surface area (TPSA) is 86.4 Å². The molecular weight excluding hydrogens is 322 g/mol. The Balaban J connectivity index is 1.75. The second kappa shape index (κ2) is 7.04. The Morgan fingerprint density at radius 2 is 2.16 bits per heavy atom. The van der Waals surface area contributed by atoms with E-state index in [1.54, 1.807) is 24.3 Å². The highest BCUT2D eigenvalue weighted by atomic mass is 16.5. The van der Waals surface area contributed by atoms with Crippen molar-refractivity contribution in [2.45, 2.75) is 13.5 Å². The van der Waals surface area contributed by atoms with E-state index in [0.29, 0.717) is 22.9 Å². The molecule has 0 aliphatic carbocycles. The number of carbonyl (C=O) groups excluding carboxylic acids is 1. The predicted molar refractivity (Wildman–Crippen MR) is 92.6 cm³/mol. The number of furan rings is 1. The van der Waals surface area contributed by atoms with E-state index in [4.69, 9.17) is 9.15 Å². The van der Waals surface area contributed by atoms with E-state index >= 15 is 0 Å². The van der Waals surface area contributed by atoms with Gasteiger partial charge in [0.05, 0.1) is 25.4 Å². The third kappa shape index (κ3) is 3.77. The maximum atomic E-state index is 12.3. The fraction of sp³-hybridized carbons (Fsp3) is 0.167. The third-order valence-electron chi connectivity index (χ3n) is 3.60. The molecule has 0 aliphatic rings. The van der Waals surface area contributed by atoms with Gasteiger partial charge in [0.25, 0.3) is 5.56 Å². The molecule has 2 heterocycles. The first-order chi connectivity index (χ1) is 12.1. The Morgan fingerprint density at radius 1 is 1.32 bits per heavy atom. The highest BCUT2D eigenvalue weighted by Gasteiger charge is 2.11. The number of methoxy groups -OCH3 is 1. The molecule has 0 radical (unpaired) electrons. The second-order valence-electron chi connectivity index (χ2n) is 5.47. The van der Waals surface area contributed by atoms with Crippen LogP contribution in [0.2, 0.25) is 0 Å². The summed E-state index contributed by atoms with van der Waals surface area (Å²) in [6.07, 6.45) is 2.83. The molecule has 0 fully saturated rings. The average molecular weight is 339 g/mol. The summed E-state index contributed by atoms with van der Waals surface area (Å²) in [5, 5.41) is 2.75. The number of hydrogen-bond donors (Lipinski definition) is 1. The molecule has 1 N–H and O–H groups in total. The van der Waals surface area contributed by atoms with Crippen LogP contribution in [0.4, 0.5) is 5.69 Å². The van der Waals surface area contributed by atoms with Crippen LogP contribution in [0.5, 0.6) is 5.75 Å². The van der Waals surface area contributed by atoms with E-state index in [1.807, 2.05) is 13.0 Å². The van der Waals surface area contributed by atoms with Gasteiger partial charge >= 0.3 is 0 Å². The van der Waals surface area contributed by atoms with Gasteiger partial charge in [0.15, 0.2) is 5.76 Å². The van der Waals surface area contributed by atoms with Crippen molar-refractivity contribution in [3.05, 3.63) is 64.9 Å². The Bertz CT molecular complexity index is 945. The largest absolute Gasteiger partial charge is 0.495 e. The molecule has 128 valence electrons. The molecular formula is C18H17N3O4. The summed E-state index contributed by atoms with van der Waals surface area (Å²) in [5.74, 6) is 0.703. The Morgan fingerprint density at radius 3 is 2.84 bits per heavy atom. The SMILES string of the molecule is COc1ccc(C)cc1NC(=O)Cn1cnc(-c2ccco2)cc1=O. The number of aromatic nitrogens is 2. The summed E-state index contributed by atoms with van der Waals surface area (Å²) in [6, 6.07) is 10.2. The molecule has 3 rings (SSSR count). The summed E-state index contributed by atoms with van der Waals surface area (Å²) in [7, 11) is 1.53. The fourth-order valence-electron chi connectivity index (χ4n) is 2.37. The highest BCUT2D eigenvalue weighted by molar-refractivity contribution is 5.92. The van der Waals surface area contributed by atoms with Gasteiger partial charge in [-0.05, 0) is 36.8 Å². The van der Waals surface area contributed by atoms with Crippen molar-refractivity contribution >= 4 is 11.6 Å². The minimum Gasteiger partial charge on any atom is -0.495 e. The maximum Gasteiger partial charge on any atom is 0.254 e. The lowest BCUT2D eigenvalue weighted by Crippen LogP contribution is -2.27. The first kappa shape index (κ1) is 16.5. The third-order valence-corrected chi connectivity index (χ3v) is 3.60. The molecule has 1 amide bonds. The number of nitrogens with zero attached hydrogens (tertiary/aromatic N) is 2. The molecule has 1 aromatic carbocycles. The van der Waals surface area contributed by atoms with Crippen molar-refractivity contribution in [3.63, 3.8) is 0 Å². The van der Waals surface area contributed by atoms with Crippen LogP contribution in [0.1, 0.15) is 5.56 Å². The Hall–Kier alpha value is -3.35. The summed E-state index contributed by atoms with van der Waals surface area (Å²) in [6.45, 7) is 1.76. The van der Waals surface area contributed by atoms with Gasteiger partial charge in [-0.3, -0.25) is 14.2 Å². The molecule has 3 aromatic rings. The van der Waals surface area contributed by atoms with Crippen LogP contribution in [-0.4, -0.2) is 22.6 Å². The first-order valence-corrected chi connectivity index (χ1v) is 7.61.